The number of hydrogen-bond acceptors (Lipinski definition) is 5. The Balaban J connectivity index is 2.07. The second-order valence-electron chi connectivity index (χ2n) is 4.97. The first-order valence-electron chi connectivity index (χ1n) is 7.05. The molecule has 0 radical (unpaired) electrons. The van der Waals surface area contributed by atoms with Gasteiger partial charge < -0.3 is 20.6 Å². The van der Waals surface area contributed by atoms with Crippen LogP contribution in [0.3, 0.4) is 0 Å². The second-order valence-corrected chi connectivity index (χ2v) is 4.97. The van der Waals surface area contributed by atoms with Crippen molar-refractivity contribution >= 4 is 11.7 Å². The lowest BCUT2D eigenvalue weighted by molar-refractivity contribution is 0.0439. The van der Waals surface area contributed by atoms with Gasteiger partial charge in [0.15, 0.2) is 5.84 Å². The predicted octanol–water partition coefficient (Wildman–Crippen LogP) is 1.57. The minimum atomic E-state index is 0.101. The Morgan fingerprint density at radius 2 is 2.50 bits per heavy atom. The molecule has 0 aromatic carbocycles. The Kier molecular flexibility index (Phi) is 5.17. The van der Waals surface area contributed by atoms with E-state index in [0.717, 1.165) is 44.8 Å². The highest BCUT2D eigenvalue weighted by molar-refractivity contribution is 5.97. The number of amidine groups is 1. The quantitative estimate of drug-likeness (QED) is 0.370. The highest BCUT2D eigenvalue weighted by Crippen LogP contribution is 2.20. The van der Waals surface area contributed by atoms with Crippen LogP contribution in [0.2, 0.25) is 0 Å². The molecule has 2 heterocycles. The van der Waals surface area contributed by atoms with Crippen LogP contribution in [0.1, 0.15) is 31.7 Å². The number of anilines is 1. The predicted molar refractivity (Wildman–Crippen MR) is 78.2 cm³/mol. The monoisotopic (exact) mass is 278 g/mol. The van der Waals surface area contributed by atoms with Crippen LogP contribution in [-0.2, 0) is 4.74 Å². The molecular formula is C14H22N4O2. The summed E-state index contributed by atoms with van der Waals surface area (Å²) in [6.45, 7) is 4.71. The summed E-state index contributed by atoms with van der Waals surface area (Å²) >= 11 is 0. The van der Waals surface area contributed by atoms with Crippen molar-refractivity contribution in [1.29, 1.82) is 0 Å². The topological polar surface area (TPSA) is 84.0 Å². The number of pyridine rings is 1. The van der Waals surface area contributed by atoms with Gasteiger partial charge in [-0.1, -0.05) is 12.1 Å². The average molecular weight is 278 g/mol. The number of oxime groups is 1. The molecule has 1 aromatic rings. The third-order valence-corrected chi connectivity index (χ3v) is 3.41. The molecule has 1 saturated heterocycles. The third-order valence-electron chi connectivity index (χ3n) is 3.41. The summed E-state index contributed by atoms with van der Waals surface area (Å²) < 4.78 is 5.82. The first-order chi connectivity index (χ1) is 9.74. The minimum absolute atomic E-state index is 0.101. The second kappa shape index (κ2) is 7.09. The fourth-order valence-electron chi connectivity index (χ4n) is 2.38. The first kappa shape index (κ1) is 14.6. The molecule has 1 aliphatic heterocycles. The fourth-order valence-corrected chi connectivity index (χ4v) is 2.38. The van der Waals surface area contributed by atoms with Gasteiger partial charge in [0.05, 0.1) is 6.10 Å². The summed E-state index contributed by atoms with van der Waals surface area (Å²) in [6.07, 6.45) is 5.16. The van der Waals surface area contributed by atoms with Crippen LogP contribution in [0.5, 0.6) is 0 Å². The Bertz CT molecular complexity index is 464. The standard InChI is InChI=1S/C14H22N4O2/c1-2-8-20-12-4-3-7-18(10-12)13-9-11(5-6-16-13)14(15)17-19/h5-6,9,12,19H,2-4,7-8,10H2,1H3,(H2,15,17). The molecule has 1 aliphatic rings. The van der Waals surface area contributed by atoms with E-state index in [1.807, 2.05) is 6.07 Å². The summed E-state index contributed by atoms with van der Waals surface area (Å²) in [7, 11) is 0. The van der Waals surface area contributed by atoms with Gasteiger partial charge in [0.1, 0.15) is 5.82 Å². The van der Waals surface area contributed by atoms with Crippen molar-refractivity contribution in [2.45, 2.75) is 32.3 Å². The average Bonchev–Trinajstić information content (AvgIpc) is 2.52. The van der Waals surface area contributed by atoms with Crippen LogP contribution >= 0.6 is 0 Å². The molecule has 6 heteroatoms. The molecular weight excluding hydrogens is 256 g/mol. The molecule has 110 valence electrons. The van der Waals surface area contributed by atoms with Gasteiger partial charge in [-0.3, -0.25) is 0 Å². The number of ether oxygens (including phenoxy) is 1. The van der Waals surface area contributed by atoms with Crippen molar-refractivity contribution in [2.24, 2.45) is 10.9 Å². The zero-order valence-electron chi connectivity index (χ0n) is 11.8. The molecule has 0 saturated carbocycles. The van der Waals surface area contributed by atoms with Crippen LogP contribution in [0.25, 0.3) is 0 Å². The maximum absolute atomic E-state index is 8.74. The Morgan fingerprint density at radius 3 is 3.25 bits per heavy atom. The van der Waals surface area contributed by atoms with E-state index in [2.05, 4.69) is 22.0 Å². The number of aromatic nitrogens is 1. The van der Waals surface area contributed by atoms with Crippen molar-refractivity contribution in [2.75, 3.05) is 24.6 Å². The number of piperidine rings is 1. The normalized spacial score (nSPS) is 20.1. The molecule has 1 unspecified atom stereocenters. The van der Waals surface area contributed by atoms with Gasteiger partial charge in [-0.25, -0.2) is 4.98 Å². The Hall–Kier alpha value is -1.82. The number of nitrogens with two attached hydrogens (primary N) is 1. The number of hydrogen-bond donors (Lipinski definition) is 2. The van der Waals surface area contributed by atoms with Crippen molar-refractivity contribution < 1.29 is 9.94 Å². The molecule has 0 amide bonds. The van der Waals surface area contributed by atoms with E-state index in [4.69, 9.17) is 15.7 Å². The van der Waals surface area contributed by atoms with Gasteiger partial charge in [-0.15, -0.1) is 0 Å². The van der Waals surface area contributed by atoms with Gasteiger partial charge in [-0.05, 0) is 31.4 Å². The van der Waals surface area contributed by atoms with Crippen LogP contribution < -0.4 is 10.6 Å². The largest absolute Gasteiger partial charge is 0.409 e. The highest BCUT2D eigenvalue weighted by atomic mass is 16.5. The molecule has 1 aromatic heterocycles. The summed E-state index contributed by atoms with van der Waals surface area (Å²) in [5.41, 5.74) is 6.29. The van der Waals surface area contributed by atoms with Crippen LogP contribution in [0.15, 0.2) is 23.5 Å². The first-order valence-corrected chi connectivity index (χ1v) is 7.05. The summed E-state index contributed by atoms with van der Waals surface area (Å²) in [6, 6.07) is 3.57. The van der Waals surface area contributed by atoms with E-state index >= 15 is 0 Å². The van der Waals surface area contributed by atoms with E-state index in [-0.39, 0.29) is 11.9 Å². The van der Waals surface area contributed by atoms with Crippen molar-refractivity contribution in [3.8, 4) is 0 Å². The van der Waals surface area contributed by atoms with Gasteiger partial charge >= 0.3 is 0 Å². The van der Waals surface area contributed by atoms with Gasteiger partial charge in [0.2, 0.25) is 0 Å². The Morgan fingerprint density at radius 1 is 1.65 bits per heavy atom. The minimum Gasteiger partial charge on any atom is -0.409 e. The molecule has 0 aliphatic carbocycles. The molecule has 1 fully saturated rings. The van der Waals surface area contributed by atoms with Crippen molar-refractivity contribution in [1.82, 2.24) is 4.98 Å². The molecule has 20 heavy (non-hydrogen) atoms. The van der Waals surface area contributed by atoms with E-state index in [1.165, 1.54) is 0 Å². The summed E-state index contributed by atoms with van der Waals surface area (Å²) in [4.78, 5) is 6.57. The molecule has 2 rings (SSSR count). The smallest absolute Gasteiger partial charge is 0.170 e. The zero-order chi connectivity index (χ0) is 14.4. The summed E-state index contributed by atoms with van der Waals surface area (Å²) in [5, 5.41) is 11.8. The molecule has 6 nitrogen and oxygen atoms in total. The zero-order valence-corrected chi connectivity index (χ0v) is 11.8. The maximum atomic E-state index is 8.74. The van der Waals surface area contributed by atoms with E-state index in [9.17, 15) is 0 Å². The SMILES string of the molecule is CCCOC1CCCN(c2cc(C(N)=NO)ccn2)C1. The van der Waals surface area contributed by atoms with Crippen molar-refractivity contribution in [3.05, 3.63) is 23.9 Å². The molecule has 1 atom stereocenters. The molecule has 3 N–H and O–H groups in total. The maximum Gasteiger partial charge on any atom is 0.170 e. The van der Waals surface area contributed by atoms with Crippen LogP contribution in [0, 0.1) is 0 Å². The van der Waals surface area contributed by atoms with Gasteiger partial charge in [0, 0.05) is 31.5 Å². The van der Waals surface area contributed by atoms with Gasteiger partial charge in [0.25, 0.3) is 0 Å². The molecule has 0 bridgehead atoms. The van der Waals surface area contributed by atoms with Gasteiger partial charge in [-0.2, -0.15) is 0 Å². The fraction of sp³-hybridized carbons (Fsp3) is 0.571. The lowest BCUT2D eigenvalue weighted by Gasteiger charge is -2.33. The van der Waals surface area contributed by atoms with E-state index in [0.29, 0.717) is 5.56 Å². The third kappa shape index (κ3) is 3.60. The lowest BCUT2D eigenvalue weighted by Crippen LogP contribution is -2.40. The van der Waals surface area contributed by atoms with Crippen LogP contribution in [0.4, 0.5) is 5.82 Å². The highest BCUT2D eigenvalue weighted by Gasteiger charge is 2.21. The lowest BCUT2D eigenvalue weighted by atomic mass is 10.1. The number of rotatable bonds is 5. The molecule has 0 spiro atoms. The number of nitrogens with zero attached hydrogens (tertiary/aromatic N) is 3. The van der Waals surface area contributed by atoms with Crippen LogP contribution in [-0.4, -0.2) is 41.8 Å². The Labute approximate surface area is 119 Å². The van der Waals surface area contributed by atoms with E-state index in [1.54, 1.807) is 12.3 Å². The summed E-state index contributed by atoms with van der Waals surface area (Å²) in [5.74, 6) is 0.948. The van der Waals surface area contributed by atoms with Crippen molar-refractivity contribution in [3.63, 3.8) is 0 Å². The van der Waals surface area contributed by atoms with E-state index < -0.39 is 0 Å².